The van der Waals surface area contributed by atoms with Crippen LogP contribution in [0.5, 0.6) is 11.5 Å². The molecule has 0 fully saturated rings. The van der Waals surface area contributed by atoms with Crippen LogP contribution < -0.4 is 14.8 Å². The van der Waals surface area contributed by atoms with Crippen molar-refractivity contribution in [1.82, 2.24) is 9.78 Å². The molecule has 1 atom stereocenters. The Morgan fingerprint density at radius 2 is 1.93 bits per heavy atom. The Morgan fingerprint density at radius 3 is 2.63 bits per heavy atom. The Kier molecular flexibility index (Phi) is 5.71. The molecular formula is C20H20FN3O3. The van der Waals surface area contributed by atoms with Crippen molar-refractivity contribution in [2.24, 2.45) is 0 Å². The normalized spacial score (nSPS) is 11.7. The zero-order chi connectivity index (χ0) is 19.2. The molecule has 1 aromatic heterocycles. The second-order valence-corrected chi connectivity index (χ2v) is 5.90. The fourth-order valence-electron chi connectivity index (χ4n) is 2.48. The van der Waals surface area contributed by atoms with Gasteiger partial charge in [0, 0.05) is 6.07 Å². The molecule has 0 aliphatic rings. The summed E-state index contributed by atoms with van der Waals surface area (Å²) in [6, 6.07) is 15.2. The number of carbonyl (C=O) groups excluding carboxylic acids is 1. The highest BCUT2D eigenvalue weighted by Crippen LogP contribution is 2.18. The number of aromatic nitrogens is 2. The SMILES string of the molecule is COc1ccc(Cn2nccc2NC(=O)[C@@H](C)Oc2ccccc2F)cc1. The summed E-state index contributed by atoms with van der Waals surface area (Å²) in [6.07, 6.45) is 0.730. The number of carbonyl (C=O) groups is 1. The minimum Gasteiger partial charge on any atom is -0.497 e. The Morgan fingerprint density at radius 1 is 1.19 bits per heavy atom. The van der Waals surface area contributed by atoms with E-state index in [1.807, 2.05) is 24.3 Å². The number of hydrogen-bond acceptors (Lipinski definition) is 4. The van der Waals surface area contributed by atoms with Crippen molar-refractivity contribution in [2.45, 2.75) is 19.6 Å². The molecule has 1 heterocycles. The van der Waals surface area contributed by atoms with Gasteiger partial charge in [0.1, 0.15) is 11.6 Å². The smallest absolute Gasteiger partial charge is 0.266 e. The van der Waals surface area contributed by atoms with Crippen LogP contribution in [-0.2, 0) is 11.3 Å². The van der Waals surface area contributed by atoms with Gasteiger partial charge in [0.15, 0.2) is 17.7 Å². The Labute approximate surface area is 156 Å². The number of hydrogen-bond donors (Lipinski definition) is 1. The van der Waals surface area contributed by atoms with Crippen molar-refractivity contribution < 1.29 is 18.7 Å². The van der Waals surface area contributed by atoms with E-state index in [0.29, 0.717) is 12.4 Å². The lowest BCUT2D eigenvalue weighted by Crippen LogP contribution is -2.31. The highest BCUT2D eigenvalue weighted by molar-refractivity contribution is 5.93. The van der Waals surface area contributed by atoms with E-state index in [4.69, 9.17) is 9.47 Å². The Balaban J connectivity index is 1.64. The molecule has 0 saturated heterocycles. The van der Waals surface area contributed by atoms with E-state index in [1.54, 1.807) is 43.1 Å². The zero-order valence-electron chi connectivity index (χ0n) is 15.1. The van der Waals surface area contributed by atoms with Crippen molar-refractivity contribution in [3.05, 3.63) is 72.2 Å². The van der Waals surface area contributed by atoms with Gasteiger partial charge >= 0.3 is 0 Å². The third kappa shape index (κ3) is 4.63. The van der Waals surface area contributed by atoms with Gasteiger partial charge in [0.2, 0.25) is 0 Å². The first-order chi connectivity index (χ1) is 13.1. The van der Waals surface area contributed by atoms with Crippen LogP contribution in [0.1, 0.15) is 12.5 Å². The number of nitrogens with one attached hydrogen (secondary N) is 1. The average molecular weight is 369 g/mol. The number of ether oxygens (including phenoxy) is 2. The van der Waals surface area contributed by atoms with Crippen molar-refractivity contribution in [1.29, 1.82) is 0 Å². The van der Waals surface area contributed by atoms with Crippen LogP contribution in [0.3, 0.4) is 0 Å². The summed E-state index contributed by atoms with van der Waals surface area (Å²) in [5.74, 6) is 0.426. The van der Waals surface area contributed by atoms with Gasteiger partial charge in [-0.05, 0) is 36.8 Å². The molecule has 0 saturated carbocycles. The molecule has 0 unspecified atom stereocenters. The van der Waals surface area contributed by atoms with Gasteiger partial charge < -0.3 is 14.8 Å². The first-order valence-electron chi connectivity index (χ1n) is 8.43. The van der Waals surface area contributed by atoms with Crippen molar-refractivity contribution in [3.63, 3.8) is 0 Å². The standard InChI is InChI=1S/C20H20FN3O3/c1-14(27-18-6-4-3-5-17(18)21)20(25)23-19-11-12-22-24(19)13-15-7-9-16(26-2)10-8-15/h3-12,14H,13H2,1-2H3,(H,23,25)/t14-/m1/s1. The zero-order valence-corrected chi connectivity index (χ0v) is 15.1. The van der Waals surface area contributed by atoms with Gasteiger partial charge in [-0.1, -0.05) is 24.3 Å². The summed E-state index contributed by atoms with van der Waals surface area (Å²) in [5, 5.41) is 7.00. The number of benzene rings is 2. The molecule has 6 nitrogen and oxygen atoms in total. The van der Waals surface area contributed by atoms with Gasteiger partial charge in [-0.3, -0.25) is 4.79 Å². The average Bonchev–Trinajstić information content (AvgIpc) is 3.10. The van der Waals surface area contributed by atoms with Crippen LogP contribution in [0.2, 0.25) is 0 Å². The number of para-hydroxylation sites is 1. The highest BCUT2D eigenvalue weighted by atomic mass is 19.1. The molecule has 0 spiro atoms. The molecule has 0 aliphatic heterocycles. The quantitative estimate of drug-likeness (QED) is 0.692. The van der Waals surface area contributed by atoms with Gasteiger partial charge in [0.25, 0.3) is 5.91 Å². The summed E-state index contributed by atoms with van der Waals surface area (Å²) in [4.78, 5) is 12.4. The van der Waals surface area contributed by atoms with Crippen LogP contribution >= 0.6 is 0 Å². The summed E-state index contributed by atoms with van der Waals surface area (Å²) in [7, 11) is 1.61. The number of nitrogens with zero attached hydrogens (tertiary/aromatic N) is 2. The third-order valence-corrected chi connectivity index (χ3v) is 3.97. The molecular weight excluding hydrogens is 349 g/mol. The third-order valence-electron chi connectivity index (χ3n) is 3.97. The van der Waals surface area contributed by atoms with Crippen LogP contribution in [0.4, 0.5) is 10.2 Å². The first kappa shape index (κ1) is 18.4. The molecule has 1 amide bonds. The molecule has 140 valence electrons. The molecule has 1 N–H and O–H groups in total. The molecule has 0 aliphatic carbocycles. The molecule has 0 bridgehead atoms. The summed E-state index contributed by atoms with van der Waals surface area (Å²) in [5.41, 5.74) is 1.01. The van der Waals surface area contributed by atoms with E-state index in [0.717, 1.165) is 11.3 Å². The van der Waals surface area contributed by atoms with Gasteiger partial charge in [0.05, 0.1) is 19.9 Å². The first-order valence-corrected chi connectivity index (χ1v) is 8.43. The largest absolute Gasteiger partial charge is 0.497 e. The Hall–Kier alpha value is -3.35. The molecule has 7 heteroatoms. The lowest BCUT2D eigenvalue weighted by Gasteiger charge is -2.16. The predicted octanol–water partition coefficient (Wildman–Crippen LogP) is 3.49. The minimum atomic E-state index is -0.869. The summed E-state index contributed by atoms with van der Waals surface area (Å²) in [6.45, 7) is 2.04. The maximum Gasteiger partial charge on any atom is 0.266 e. The van der Waals surface area contributed by atoms with E-state index < -0.39 is 17.8 Å². The van der Waals surface area contributed by atoms with Crippen molar-refractivity contribution in [2.75, 3.05) is 12.4 Å². The number of anilines is 1. The van der Waals surface area contributed by atoms with Crippen molar-refractivity contribution in [3.8, 4) is 11.5 Å². The van der Waals surface area contributed by atoms with Crippen LogP contribution in [0, 0.1) is 5.82 Å². The monoisotopic (exact) mass is 369 g/mol. The number of methoxy groups -OCH3 is 1. The predicted molar refractivity (Wildman–Crippen MR) is 99.4 cm³/mol. The van der Waals surface area contributed by atoms with Crippen LogP contribution in [0.15, 0.2) is 60.8 Å². The summed E-state index contributed by atoms with van der Waals surface area (Å²) >= 11 is 0. The van der Waals surface area contributed by atoms with Crippen LogP contribution in [0.25, 0.3) is 0 Å². The topological polar surface area (TPSA) is 65.4 Å². The highest BCUT2D eigenvalue weighted by Gasteiger charge is 2.18. The van der Waals surface area contributed by atoms with E-state index in [-0.39, 0.29) is 5.75 Å². The van der Waals surface area contributed by atoms with E-state index in [9.17, 15) is 9.18 Å². The number of rotatable bonds is 7. The number of amides is 1. The molecule has 3 rings (SSSR count). The summed E-state index contributed by atoms with van der Waals surface area (Å²) < 4.78 is 25.9. The van der Waals surface area contributed by atoms with Crippen LogP contribution in [-0.4, -0.2) is 28.9 Å². The second kappa shape index (κ2) is 8.35. The van der Waals surface area contributed by atoms with Gasteiger partial charge in [-0.15, -0.1) is 0 Å². The molecule has 2 aromatic carbocycles. The van der Waals surface area contributed by atoms with Gasteiger partial charge in [-0.25, -0.2) is 9.07 Å². The second-order valence-electron chi connectivity index (χ2n) is 5.90. The minimum absolute atomic E-state index is 0.0342. The maximum absolute atomic E-state index is 13.7. The molecule has 27 heavy (non-hydrogen) atoms. The molecule has 0 radical (unpaired) electrons. The van der Waals surface area contributed by atoms with Crippen molar-refractivity contribution >= 4 is 11.7 Å². The van der Waals surface area contributed by atoms with E-state index in [2.05, 4.69) is 10.4 Å². The lowest BCUT2D eigenvalue weighted by molar-refractivity contribution is -0.122. The number of halogens is 1. The lowest BCUT2D eigenvalue weighted by atomic mass is 10.2. The Bertz CT molecular complexity index is 909. The fraction of sp³-hybridized carbons (Fsp3) is 0.200. The maximum atomic E-state index is 13.7. The molecule has 3 aromatic rings. The van der Waals surface area contributed by atoms with E-state index >= 15 is 0 Å². The van der Waals surface area contributed by atoms with Gasteiger partial charge in [-0.2, -0.15) is 5.10 Å². The fourth-order valence-corrected chi connectivity index (χ4v) is 2.48. The van der Waals surface area contributed by atoms with E-state index in [1.165, 1.54) is 12.1 Å².